The summed E-state index contributed by atoms with van der Waals surface area (Å²) in [4.78, 5) is 0. The zero-order valence-corrected chi connectivity index (χ0v) is 26.7. The highest BCUT2D eigenvalue weighted by molar-refractivity contribution is 5.25. The molecule has 6 nitrogen and oxygen atoms in total. The van der Waals surface area contributed by atoms with Gasteiger partial charge in [0, 0.05) is 0 Å². The number of aliphatic hydroxyl groups excluding tert-OH is 4. The number of aliphatic hydroxyl groups is 4. The van der Waals surface area contributed by atoms with Crippen molar-refractivity contribution in [3.63, 3.8) is 0 Å². The fourth-order valence-electron chi connectivity index (χ4n) is 10.8. The van der Waals surface area contributed by atoms with Gasteiger partial charge in [0.25, 0.3) is 0 Å². The standard InChI is InChI=1S/C35H60O6/c1-7-22(20(2)3)9-8-21(4)26-12-13-27-25-11-10-23-18-24(14-16-34(23,5)28(25)15-17-35(26,27)6)40-33-32(39)31(38)30(37)29(19-36)41-33/h10,20-22,24-33,36-39H,7-9,11-19H2,1-6H3/t21-,22+,24-,25+,26-,27+,28+,29+,30+,31-,32+,33+,34-,35+/m0/s1. The largest absolute Gasteiger partial charge is 0.394 e. The molecule has 1 saturated heterocycles. The third-order valence-corrected chi connectivity index (χ3v) is 13.5. The second kappa shape index (κ2) is 12.5. The van der Waals surface area contributed by atoms with Crippen LogP contribution in [0.5, 0.6) is 0 Å². The Balaban J connectivity index is 1.24. The van der Waals surface area contributed by atoms with Crippen molar-refractivity contribution in [1.29, 1.82) is 0 Å². The van der Waals surface area contributed by atoms with E-state index < -0.39 is 37.3 Å². The van der Waals surface area contributed by atoms with Crippen molar-refractivity contribution in [3.8, 4) is 0 Å². The highest BCUT2D eigenvalue weighted by Crippen LogP contribution is 2.67. The molecule has 1 heterocycles. The Morgan fingerprint density at radius 1 is 0.951 bits per heavy atom. The van der Waals surface area contributed by atoms with E-state index in [1.165, 1.54) is 56.9 Å². The predicted octanol–water partition coefficient (Wildman–Crippen LogP) is 5.85. The lowest BCUT2D eigenvalue weighted by Crippen LogP contribution is -2.60. The predicted molar refractivity (Wildman–Crippen MR) is 161 cm³/mol. The maximum atomic E-state index is 10.5. The summed E-state index contributed by atoms with van der Waals surface area (Å²) in [5.41, 5.74) is 2.19. The van der Waals surface area contributed by atoms with Crippen LogP contribution in [0.1, 0.15) is 112 Å². The fraction of sp³-hybridized carbons (Fsp3) is 0.943. The van der Waals surface area contributed by atoms with Crippen LogP contribution >= 0.6 is 0 Å². The summed E-state index contributed by atoms with van der Waals surface area (Å²) in [6, 6.07) is 0. The van der Waals surface area contributed by atoms with Crippen molar-refractivity contribution in [3.05, 3.63) is 11.6 Å². The average Bonchev–Trinajstić information content (AvgIpc) is 3.30. The summed E-state index contributed by atoms with van der Waals surface area (Å²) in [6.45, 7) is 14.5. The number of hydrogen-bond acceptors (Lipinski definition) is 6. The van der Waals surface area contributed by atoms with E-state index in [0.29, 0.717) is 5.41 Å². The van der Waals surface area contributed by atoms with E-state index in [4.69, 9.17) is 9.47 Å². The van der Waals surface area contributed by atoms with Gasteiger partial charge in [-0.25, -0.2) is 0 Å². The highest BCUT2D eigenvalue weighted by Gasteiger charge is 2.59. The third kappa shape index (κ3) is 5.73. The van der Waals surface area contributed by atoms with E-state index >= 15 is 0 Å². The van der Waals surface area contributed by atoms with Crippen LogP contribution in [0, 0.1) is 52.3 Å². The summed E-state index contributed by atoms with van der Waals surface area (Å²) in [5, 5.41) is 40.4. The molecule has 5 aliphatic rings. The first kappa shape index (κ1) is 31.9. The van der Waals surface area contributed by atoms with Crippen LogP contribution in [-0.4, -0.2) is 63.8 Å². The van der Waals surface area contributed by atoms with Crippen molar-refractivity contribution < 1.29 is 29.9 Å². The van der Waals surface area contributed by atoms with Crippen molar-refractivity contribution in [2.24, 2.45) is 52.3 Å². The molecule has 3 saturated carbocycles. The lowest BCUT2D eigenvalue weighted by atomic mass is 9.47. The summed E-state index contributed by atoms with van der Waals surface area (Å²) >= 11 is 0. The van der Waals surface area contributed by atoms with Crippen molar-refractivity contribution >= 4 is 0 Å². The number of hydrogen-bond donors (Lipinski definition) is 4. The average molecular weight is 577 g/mol. The van der Waals surface area contributed by atoms with Crippen LogP contribution in [-0.2, 0) is 9.47 Å². The van der Waals surface area contributed by atoms with Crippen LogP contribution in [0.15, 0.2) is 11.6 Å². The van der Waals surface area contributed by atoms with Crippen molar-refractivity contribution in [1.82, 2.24) is 0 Å². The normalized spacial score (nSPS) is 47.7. The molecule has 0 aromatic heterocycles. The minimum absolute atomic E-state index is 0.101. The molecule has 6 heteroatoms. The second-order valence-corrected chi connectivity index (χ2v) is 15.7. The van der Waals surface area contributed by atoms with Crippen molar-refractivity contribution in [2.45, 2.75) is 149 Å². The molecule has 0 aromatic rings. The quantitative estimate of drug-likeness (QED) is 0.257. The zero-order valence-electron chi connectivity index (χ0n) is 26.7. The first-order chi connectivity index (χ1) is 19.4. The Labute approximate surface area is 249 Å². The number of allylic oxidation sites excluding steroid dienone is 1. The molecular weight excluding hydrogens is 516 g/mol. The number of ether oxygens (including phenoxy) is 2. The maximum absolute atomic E-state index is 10.5. The van der Waals surface area contributed by atoms with E-state index in [0.717, 1.165) is 60.7 Å². The van der Waals surface area contributed by atoms with Crippen molar-refractivity contribution in [2.75, 3.05) is 6.61 Å². The Morgan fingerprint density at radius 2 is 1.71 bits per heavy atom. The number of fused-ring (bicyclic) bond motifs is 5. The number of rotatable bonds is 9. The summed E-state index contributed by atoms with van der Waals surface area (Å²) < 4.78 is 11.9. The molecule has 4 N–H and O–H groups in total. The van der Waals surface area contributed by atoms with Gasteiger partial charge in [0.15, 0.2) is 6.29 Å². The molecule has 0 amide bonds. The van der Waals surface area contributed by atoms with Gasteiger partial charge in [-0.3, -0.25) is 0 Å². The Morgan fingerprint density at radius 3 is 2.39 bits per heavy atom. The Kier molecular flexibility index (Phi) is 9.71. The molecule has 0 aromatic carbocycles. The maximum Gasteiger partial charge on any atom is 0.186 e. The molecule has 0 bridgehead atoms. The molecule has 4 fully saturated rings. The van der Waals surface area contributed by atoms with E-state index in [1.54, 1.807) is 0 Å². The van der Waals surface area contributed by atoms with E-state index in [1.807, 2.05) is 0 Å². The minimum Gasteiger partial charge on any atom is -0.394 e. The van der Waals surface area contributed by atoms with Gasteiger partial charge in [0.05, 0.1) is 12.7 Å². The zero-order chi connectivity index (χ0) is 29.7. The van der Waals surface area contributed by atoms with Crippen LogP contribution in [0.25, 0.3) is 0 Å². The smallest absolute Gasteiger partial charge is 0.186 e. The molecule has 0 unspecified atom stereocenters. The molecular formula is C35H60O6. The molecule has 0 radical (unpaired) electrons. The topological polar surface area (TPSA) is 99.4 Å². The van der Waals surface area contributed by atoms with Crippen LogP contribution in [0.4, 0.5) is 0 Å². The van der Waals surface area contributed by atoms with Gasteiger partial charge in [-0.2, -0.15) is 0 Å². The van der Waals surface area contributed by atoms with E-state index in [-0.39, 0.29) is 11.5 Å². The second-order valence-electron chi connectivity index (χ2n) is 15.7. The summed E-state index contributed by atoms with van der Waals surface area (Å²) in [6.07, 6.45) is 9.92. The van der Waals surface area contributed by atoms with E-state index in [9.17, 15) is 20.4 Å². The fourth-order valence-corrected chi connectivity index (χ4v) is 10.8. The lowest BCUT2D eigenvalue weighted by Gasteiger charge is -2.58. The molecule has 1 aliphatic heterocycles. The van der Waals surface area contributed by atoms with Gasteiger partial charge in [0.1, 0.15) is 24.4 Å². The van der Waals surface area contributed by atoms with Crippen LogP contribution in [0.2, 0.25) is 0 Å². The van der Waals surface area contributed by atoms with Gasteiger partial charge in [-0.1, -0.05) is 66.0 Å². The Hall–Kier alpha value is -0.500. The molecule has 41 heavy (non-hydrogen) atoms. The molecule has 236 valence electrons. The first-order valence-electron chi connectivity index (χ1n) is 17.1. The molecule has 14 atom stereocenters. The SMILES string of the molecule is CC[C@H](CC[C@H](C)[C@@H]1CC[C@@H]2[C@H]3CC=C4C[C@@H](O[C@@H]5O[C@H](CO)[C@@H](O)[C@H](O)[C@H]5O)CC[C@]4(C)[C@@H]3CC[C@@]21C)C(C)C. The summed E-state index contributed by atoms with van der Waals surface area (Å²) in [7, 11) is 0. The van der Waals surface area contributed by atoms with Crippen LogP contribution in [0.3, 0.4) is 0 Å². The van der Waals surface area contributed by atoms with Gasteiger partial charge in [-0.05, 0) is 110 Å². The van der Waals surface area contributed by atoms with E-state index in [2.05, 4.69) is 47.6 Å². The first-order valence-corrected chi connectivity index (χ1v) is 17.1. The molecule has 0 spiro atoms. The monoisotopic (exact) mass is 576 g/mol. The van der Waals surface area contributed by atoms with Gasteiger partial charge < -0.3 is 29.9 Å². The lowest BCUT2D eigenvalue weighted by molar-refractivity contribution is -0.313. The van der Waals surface area contributed by atoms with Gasteiger partial charge in [0.2, 0.25) is 0 Å². The van der Waals surface area contributed by atoms with Gasteiger partial charge in [-0.15, -0.1) is 0 Å². The van der Waals surface area contributed by atoms with Crippen LogP contribution < -0.4 is 0 Å². The highest BCUT2D eigenvalue weighted by atomic mass is 16.7. The minimum atomic E-state index is -1.40. The summed E-state index contributed by atoms with van der Waals surface area (Å²) in [5.74, 6) is 5.66. The molecule has 4 aliphatic carbocycles. The molecule has 5 rings (SSSR count). The third-order valence-electron chi connectivity index (χ3n) is 13.5. The Bertz CT molecular complexity index is 918. The van der Waals surface area contributed by atoms with Gasteiger partial charge >= 0.3 is 0 Å².